The van der Waals surface area contributed by atoms with E-state index in [1.54, 1.807) is 18.5 Å². The van der Waals surface area contributed by atoms with Gasteiger partial charge >= 0.3 is 0 Å². The van der Waals surface area contributed by atoms with Gasteiger partial charge in [0, 0.05) is 18.0 Å². The summed E-state index contributed by atoms with van der Waals surface area (Å²) in [7, 11) is 0. The molecule has 1 heterocycles. The second-order valence-electron chi connectivity index (χ2n) is 5.23. The molecule has 92 valence electrons. The second-order valence-corrected chi connectivity index (χ2v) is 5.23. The molecule has 18 heavy (non-hydrogen) atoms. The Morgan fingerprint density at radius 2 is 1.56 bits per heavy atom. The number of ketones is 1. The molecule has 2 aromatic rings. The topological polar surface area (TPSA) is 42.9 Å². The van der Waals surface area contributed by atoms with Crippen molar-refractivity contribution < 1.29 is 4.79 Å². The third-order valence-corrected chi connectivity index (χ3v) is 2.78. The van der Waals surface area contributed by atoms with Crippen molar-refractivity contribution in [1.82, 2.24) is 9.97 Å². The van der Waals surface area contributed by atoms with E-state index in [4.69, 9.17) is 0 Å². The van der Waals surface area contributed by atoms with Crippen LogP contribution in [0.1, 0.15) is 42.5 Å². The van der Waals surface area contributed by atoms with Crippen LogP contribution in [0, 0.1) is 0 Å². The first-order valence-corrected chi connectivity index (χ1v) is 5.91. The maximum atomic E-state index is 12.1. The summed E-state index contributed by atoms with van der Waals surface area (Å²) in [6, 6.07) is 9.32. The Bertz CT molecular complexity index is 539. The molecule has 0 saturated heterocycles. The molecule has 0 saturated carbocycles. The average molecular weight is 240 g/mol. The molecule has 0 atom stereocenters. The van der Waals surface area contributed by atoms with Gasteiger partial charge in [-0.15, -0.1) is 0 Å². The first kappa shape index (κ1) is 12.4. The molecule has 0 aliphatic carbocycles. The highest BCUT2D eigenvalue weighted by Crippen LogP contribution is 2.22. The summed E-state index contributed by atoms with van der Waals surface area (Å²) in [6.07, 6.45) is 3.15. The van der Waals surface area contributed by atoms with Crippen molar-refractivity contribution in [3.8, 4) is 0 Å². The molecule has 2 rings (SSSR count). The Labute approximate surface area is 107 Å². The van der Waals surface area contributed by atoms with Crippen LogP contribution in [0.5, 0.6) is 0 Å². The fourth-order valence-corrected chi connectivity index (χ4v) is 1.67. The quantitative estimate of drug-likeness (QED) is 0.758. The molecule has 0 radical (unpaired) electrons. The number of rotatable bonds is 2. The summed E-state index contributed by atoms with van der Waals surface area (Å²) in [5.74, 6) is 0.0945. The normalized spacial score (nSPS) is 11.3. The van der Waals surface area contributed by atoms with E-state index in [0.717, 1.165) is 0 Å². The Morgan fingerprint density at radius 3 is 2.06 bits per heavy atom. The number of hydrogen-bond acceptors (Lipinski definition) is 3. The van der Waals surface area contributed by atoms with Crippen LogP contribution >= 0.6 is 0 Å². The highest BCUT2D eigenvalue weighted by atomic mass is 16.1. The van der Waals surface area contributed by atoms with E-state index in [0.29, 0.717) is 5.56 Å². The van der Waals surface area contributed by atoms with Crippen molar-refractivity contribution in [3.63, 3.8) is 0 Å². The molecule has 3 heteroatoms. The minimum Gasteiger partial charge on any atom is -0.285 e. The van der Waals surface area contributed by atoms with Gasteiger partial charge in [-0.1, -0.05) is 45.0 Å². The fraction of sp³-hybridized carbons (Fsp3) is 0.267. The number of benzene rings is 1. The van der Waals surface area contributed by atoms with Gasteiger partial charge in [0.15, 0.2) is 0 Å². The molecule has 1 aromatic carbocycles. The van der Waals surface area contributed by atoms with Crippen molar-refractivity contribution in [2.45, 2.75) is 26.2 Å². The van der Waals surface area contributed by atoms with E-state index >= 15 is 0 Å². The number of aromatic nitrogens is 2. The lowest BCUT2D eigenvalue weighted by Gasteiger charge is -2.18. The van der Waals surface area contributed by atoms with Crippen LogP contribution in [-0.2, 0) is 5.41 Å². The van der Waals surface area contributed by atoms with Crippen LogP contribution in [0.25, 0.3) is 0 Å². The van der Waals surface area contributed by atoms with Gasteiger partial charge in [-0.25, -0.2) is 9.97 Å². The van der Waals surface area contributed by atoms with Crippen LogP contribution < -0.4 is 0 Å². The molecular weight excluding hydrogens is 224 g/mol. The Balaban J connectivity index is 2.28. The van der Waals surface area contributed by atoms with E-state index < -0.39 is 0 Å². The van der Waals surface area contributed by atoms with E-state index in [-0.39, 0.29) is 17.0 Å². The zero-order chi connectivity index (χ0) is 13.2. The maximum Gasteiger partial charge on any atom is 0.230 e. The summed E-state index contributed by atoms with van der Waals surface area (Å²) >= 11 is 0. The number of carbonyl (C=O) groups excluding carboxylic acids is 1. The first-order chi connectivity index (χ1) is 8.48. The predicted molar refractivity (Wildman–Crippen MR) is 70.6 cm³/mol. The SMILES string of the molecule is CC(C)(C)c1ccc(C(=O)c2ncccn2)cc1. The van der Waals surface area contributed by atoms with E-state index in [2.05, 4.69) is 30.7 Å². The summed E-state index contributed by atoms with van der Waals surface area (Å²) in [4.78, 5) is 20.0. The summed E-state index contributed by atoms with van der Waals surface area (Å²) in [5, 5.41) is 0. The molecular formula is C15H16N2O. The average Bonchev–Trinajstić information content (AvgIpc) is 2.38. The summed E-state index contributed by atoms with van der Waals surface area (Å²) in [6.45, 7) is 6.43. The second kappa shape index (κ2) is 4.69. The number of hydrogen-bond donors (Lipinski definition) is 0. The highest BCUT2D eigenvalue weighted by Gasteiger charge is 2.15. The van der Waals surface area contributed by atoms with Crippen molar-refractivity contribution in [3.05, 3.63) is 59.7 Å². The molecule has 3 nitrogen and oxygen atoms in total. The molecule has 0 fully saturated rings. The molecule has 0 unspecified atom stereocenters. The van der Waals surface area contributed by atoms with Gasteiger partial charge in [0.25, 0.3) is 0 Å². The number of carbonyl (C=O) groups is 1. The monoisotopic (exact) mass is 240 g/mol. The van der Waals surface area contributed by atoms with Crippen LogP contribution in [-0.4, -0.2) is 15.8 Å². The Hall–Kier alpha value is -2.03. The third-order valence-electron chi connectivity index (χ3n) is 2.78. The van der Waals surface area contributed by atoms with Gasteiger partial charge in [-0.2, -0.15) is 0 Å². The number of nitrogens with zero attached hydrogens (tertiary/aromatic N) is 2. The lowest BCUT2D eigenvalue weighted by molar-refractivity contribution is 0.102. The highest BCUT2D eigenvalue weighted by molar-refractivity contribution is 6.06. The molecule has 0 aliphatic heterocycles. The van der Waals surface area contributed by atoms with Crippen LogP contribution in [0.2, 0.25) is 0 Å². The maximum absolute atomic E-state index is 12.1. The zero-order valence-electron chi connectivity index (χ0n) is 10.8. The smallest absolute Gasteiger partial charge is 0.230 e. The van der Waals surface area contributed by atoms with Gasteiger partial charge in [-0.05, 0) is 17.0 Å². The predicted octanol–water partition coefficient (Wildman–Crippen LogP) is 3.01. The standard InChI is InChI=1S/C15H16N2O/c1-15(2,3)12-7-5-11(6-8-12)13(18)14-16-9-4-10-17-14/h4-10H,1-3H3. The van der Waals surface area contributed by atoms with Crippen molar-refractivity contribution in [2.75, 3.05) is 0 Å². The summed E-state index contributed by atoms with van der Waals surface area (Å²) < 4.78 is 0. The minimum absolute atomic E-state index is 0.0881. The lowest BCUT2D eigenvalue weighted by atomic mass is 9.86. The fourth-order valence-electron chi connectivity index (χ4n) is 1.67. The molecule has 0 aliphatic rings. The van der Waals surface area contributed by atoms with E-state index in [1.165, 1.54) is 5.56 Å². The van der Waals surface area contributed by atoms with Crippen LogP contribution in [0.4, 0.5) is 0 Å². The largest absolute Gasteiger partial charge is 0.285 e. The molecule has 1 aromatic heterocycles. The van der Waals surface area contributed by atoms with Gasteiger partial charge in [-0.3, -0.25) is 4.79 Å². The van der Waals surface area contributed by atoms with Crippen molar-refractivity contribution >= 4 is 5.78 Å². The van der Waals surface area contributed by atoms with Crippen LogP contribution in [0.15, 0.2) is 42.7 Å². The Kier molecular flexibility index (Phi) is 3.24. The van der Waals surface area contributed by atoms with E-state index in [9.17, 15) is 4.79 Å². The van der Waals surface area contributed by atoms with Gasteiger partial charge in [0.05, 0.1) is 0 Å². The van der Waals surface area contributed by atoms with Gasteiger partial charge < -0.3 is 0 Å². The van der Waals surface area contributed by atoms with Crippen molar-refractivity contribution in [2.24, 2.45) is 0 Å². The molecule has 0 bridgehead atoms. The molecule has 0 amide bonds. The minimum atomic E-state index is -0.143. The molecule has 0 N–H and O–H groups in total. The summed E-state index contributed by atoms with van der Waals surface area (Å²) in [5.41, 5.74) is 1.91. The zero-order valence-corrected chi connectivity index (χ0v) is 10.8. The van der Waals surface area contributed by atoms with Gasteiger partial charge in [0.2, 0.25) is 11.6 Å². The van der Waals surface area contributed by atoms with Crippen molar-refractivity contribution in [1.29, 1.82) is 0 Å². The lowest BCUT2D eigenvalue weighted by Crippen LogP contribution is -2.12. The van der Waals surface area contributed by atoms with E-state index in [1.807, 2.05) is 24.3 Å². The Morgan fingerprint density at radius 1 is 1.00 bits per heavy atom. The van der Waals surface area contributed by atoms with Crippen LogP contribution in [0.3, 0.4) is 0 Å². The third kappa shape index (κ3) is 2.62. The van der Waals surface area contributed by atoms with Gasteiger partial charge in [0.1, 0.15) is 0 Å². The molecule has 0 spiro atoms. The first-order valence-electron chi connectivity index (χ1n) is 5.91.